The molecule has 0 aliphatic heterocycles. The van der Waals surface area contributed by atoms with Crippen molar-refractivity contribution in [3.05, 3.63) is 35.6 Å². The summed E-state index contributed by atoms with van der Waals surface area (Å²) in [4.78, 5) is 12.5. The first-order chi connectivity index (χ1) is 8.70. The van der Waals surface area contributed by atoms with E-state index in [4.69, 9.17) is 17.3 Å². The number of aromatic nitrogens is 3. The van der Waals surface area contributed by atoms with E-state index in [-0.39, 0.29) is 0 Å². The Balaban J connectivity index is 1.92. The smallest absolute Gasteiger partial charge is 0.189 e. The molecule has 0 spiro atoms. The van der Waals surface area contributed by atoms with Crippen LogP contribution in [0.3, 0.4) is 0 Å². The Hall–Kier alpha value is -1.92. The summed E-state index contributed by atoms with van der Waals surface area (Å²) in [7, 11) is 0. The summed E-state index contributed by atoms with van der Waals surface area (Å²) in [6, 6.07) is 5.58. The first kappa shape index (κ1) is 11.2. The minimum atomic E-state index is 0.386. The number of thiazole rings is 1. The van der Waals surface area contributed by atoms with Gasteiger partial charge in [-0.25, -0.2) is 15.0 Å². The van der Waals surface area contributed by atoms with Crippen LogP contribution in [0.25, 0.3) is 10.2 Å². The number of hydrogen-bond donors (Lipinski definition) is 2. The normalized spacial score (nSPS) is 10.7. The molecular weight excluding hydrogens is 270 g/mol. The largest absolute Gasteiger partial charge is 0.382 e. The fraction of sp³-hybridized carbons (Fsp3) is 0. The summed E-state index contributed by atoms with van der Waals surface area (Å²) in [5.41, 5.74) is 6.37. The van der Waals surface area contributed by atoms with Gasteiger partial charge in [0.15, 0.2) is 10.9 Å². The van der Waals surface area contributed by atoms with Crippen molar-refractivity contribution < 1.29 is 0 Å². The second kappa shape index (κ2) is 4.40. The molecule has 18 heavy (non-hydrogen) atoms. The number of nitrogens with one attached hydrogen (secondary N) is 1. The standard InChI is InChI=1S/C11H8ClN5S/c12-6-1-2-7-8(3-6)18-11(16-7)17-10-5-14-9(13)4-15-10/h1-5H,(H2,13,14)(H,15,16,17). The number of rotatable bonds is 2. The van der Waals surface area contributed by atoms with Gasteiger partial charge in [0, 0.05) is 5.02 Å². The third-order valence-corrected chi connectivity index (χ3v) is 3.43. The number of hydrogen-bond acceptors (Lipinski definition) is 6. The van der Waals surface area contributed by atoms with E-state index in [1.54, 1.807) is 6.20 Å². The molecule has 0 unspecified atom stereocenters. The van der Waals surface area contributed by atoms with Crippen LogP contribution in [0.15, 0.2) is 30.6 Å². The highest BCUT2D eigenvalue weighted by atomic mass is 35.5. The summed E-state index contributed by atoms with van der Waals surface area (Å²) in [6.45, 7) is 0. The summed E-state index contributed by atoms with van der Waals surface area (Å²) in [5.74, 6) is 0.992. The second-order valence-corrected chi connectivity index (χ2v) is 5.05. The van der Waals surface area contributed by atoms with Gasteiger partial charge in [-0.2, -0.15) is 0 Å². The lowest BCUT2D eigenvalue weighted by Crippen LogP contribution is -1.96. The molecule has 0 atom stereocenters. The monoisotopic (exact) mass is 277 g/mol. The minimum Gasteiger partial charge on any atom is -0.382 e. The fourth-order valence-corrected chi connectivity index (χ4v) is 2.61. The fourth-order valence-electron chi connectivity index (χ4n) is 1.46. The number of nitrogen functional groups attached to an aromatic ring is 1. The molecule has 2 aromatic heterocycles. The molecule has 0 fully saturated rings. The molecular formula is C11H8ClN5S. The Labute approximate surface area is 112 Å². The van der Waals surface area contributed by atoms with Gasteiger partial charge >= 0.3 is 0 Å². The maximum Gasteiger partial charge on any atom is 0.189 e. The van der Waals surface area contributed by atoms with Gasteiger partial charge in [-0.3, -0.25) is 0 Å². The van der Waals surface area contributed by atoms with Crippen LogP contribution >= 0.6 is 22.9 Å². The SMILES string of the molecule is Nc1cnc(Nc2nc3ccc(Cl)cc3s2)cn1. The number of nitrogens with two attached hydrogens (primary N) is 1. The van der Waals surface area contributed by atoms with E-state index in [2.05, 4.69) is 20.3 Å². The van der Waals surface area contributed by atoms with E-state index in [0.717, 1.165) is 15.3 Å². The number of anilines is 3. The van der Waals surface area contributed by atoms with Gasteiger partial charge in [0.1, 0.15) is 5.82 Å². The summed E-state index contributed by atoms with van der Waals surface area (Å²) in [6.07, 6.45) is 3.06. The quantitative estimate of drug-likeness (QED) is 0.753. The van der Waals surface area contributed by atoms with Crippen LogP contribution in [0.1, 0.15) is 0 Å². The lowest BCUT2D eigenvalue weighted by Gasteiger charge is -1.99. The van der Waals surface area contributed by atoms with Crippen molar-refractivity contribution >= 4 is 49.9 Å². The highest BCUT2D eigenvalue weighted by Gasteiger charge is 2.05. The van der Waals surface area contributed by atoms with Crippen molar-refractivity contribution in [1.82, 2.24) is 15.0 Å². The van der Waals surface area contributed by atoms with E-state index in [0.29, 0.717) is 16.7 Å². The zero-order chi connectivity index (χ0) is 12.5. The highest BCUT2D eigenvalue weighted by Crippen LogP contribution is 2.29. The number of benzene rings is 1. The third-order valence-electron chi connectivity index (χ3n) is 2.26. The molecule has 0 aliphatic carbocycles. The molecule has 0 amide bonds. The Morgan fingerprint density at radius 1 is 1.22 bits per heavy atom. The zero-order valence-corrected chi connectivity index (χ0v) is 10.7. The Morgan fingerprint density at radius 3 is 2.89 bits per heavy atom. The van der Waals surface area contributed by atoms with Gasteiger partial charge in [0.25, 0.3) is 0 Å². The number of fused-ring (bicyclic) bond motifs is 1. The van der Waals surface area contributed by atoms with E-state index in [1.165, 1.54) is 17.5 Å². The number of nitrogens with zero attached hydrogens (tertiary/aromatic N) is 3. The predicted octanol–water partition coefficient (Wildman–Crippen LogP) is 3.07. The minimum absolute atomic E-state index is 0.386. The van der Waals surface area contributed by atoms with Gasteiger partial charge in [0.2, 0.25) is 0 Å². The zero-order valence-electron chi connectivity index (χ0n) is 9.09. The summed E-state index contributed by atoms with van der Waals surface area (Å²) >= 11 is 7.43. The summed E-state index contributed by atoms with van der Waals surface area (Å²) < 4.78 is 1.02. The van der Waals surface area contributed by atoms with Crippen LogP contribution in [0.4, 0.5) is 16.8 Å². The molecule has 0 saturated heterocycles. The topological polar surface area (TPSA) is 76.7 Å². The Kier molecular flexibility index (Phi) is 2.73. The lowest BCUT2D eigenvalue weighted by atomic mass is 10.3. The molecule has 0 aliphatic rings. The van der Waals surface area contributed by atoms with E-state index in [1.807, 2.05) is 18.2 Å². The van der Waals surface area contributed by atoms with Gasteiger partial charge in [-0.05, 0) is 18.2 Å². The van der Waals surface area contributed by atoms with E-state index in [9.17, 15) is 0 Å². The third kappa shape index (κ3) is 2.20. The highest BCUT2D eigenvalue weighted by molar-refractivity contribution is 7.22. The summed E-state index contributed by atoms with van der Waals surface area (Å²) in [5, 5.41) is 4.52. The van der Waals surface area contributed by atoms with Crippen LogP contribution in [0.2, 0.25) is 5.02 Å². The molecule has 0 radical (unpaired) electrons. The molecule has 1 aromatic carbocycles. The van der Waals surface area contributed by atoms with Crippen molar-refractivity contribution in [3.8, 4) is 0 Å². The van der Waals surface area contributed by atoms with Crippen LogP contribution in [-0.4, -0.2) is 15.0 Å². The van der Waals surface area contributed by atoms with Crippen molar-refractivity contribution in [3.63, 3.8) is 0 Å². The molecule has 3 aromatic rings. The molecule has 90 valence electrons. The molecule has 0 bridgehead atoms. The Morgan fingerprint density at radius 2 is 2.11 bits per heavy atom. The van der Waals surface area contributed by atoms with Crippen molar-refractivity contribution in [2.24, 2.45) is 0 Å². The van der Waals surface area contributed by atoms with Gasteiger partial charge in [-0.15, -0.1) is 0 Å². The van der Waals surface area contributed by atoms with Gasteiger partial charge in [0.05, 0.1) is 22.6 Å². The second-order valence-electron chi connectivity index (χ2n) is 3.58. The average Bonchev–Trinajstić information content (AvgIpc) is 2.73. The van der Waals surface area contributed by atoms with Crippen LogP contribution in [0, 0.1) is 0 Å². The van der Waals surface area contributed by atoms with E-state index >= 15 is 0 Å². The molecule has 5 nitrogen and oxygen atoms in total. The lowest BCUT2D eigenvalue weighted by molar-refractivity contribution is 1.20. The van der Waals surface area contributed by atoms with E-state index < -0.39 is 0 Å². The maximum atomic E-state index is 5.93. The number of halogens is 1. The van der Waals surface area contributed by atoms with Gasteiger partial charge in [-0.1, -0.05) is 22.9 Å². The van der Waals surface area contributed by atoms with Crippen molar-refractivity contribution in [2.45, 2.75) is 0 Å². The molecule has 3 N–H and O–H groups in total. The molecule has 2 heterocycles. The average molecular weight is 278 g/mol. The molecule has 3 rings (SSSR count). The predicted molar refractivity (Wildman–Crippen MR) is 74.4 cm³/mol. The maximum absolute atomic E-state index is 5.93. The molecule has 0 saturated carbocycles. The first-order valence-electron chi connectivity index (χ1n) is 5.11. The van der Waals surface area contributed by atoms with Crippen LogP contribution in [-0.2, 0) is 0 Å². The Bertz CT molecular complexity index is 694. The van der Waals surface area contributed by atoms with Crippen LogP contribution in [0.5, 0.6) is 0 Å². The molecule has 7 heteroatoms. The van der Waals surface area contributed by atoms with Crippen molar-refractivity contribution in [2.75, 3.05) is 11.1 Å². The van der Waals surface area contributed by atoms with Crippen LogP contribution < -0.4 is 11.1 Å². The van der Waals surface area contributed by atoms with Crippen molar-refractivity contribution in [1.29, 1.82) is 0 Å². The first-order valence-corrected chi connectivity index (χ1v) is 6.31. The van der Waals surface area contributed by atoms with Gasteiger partial charge < -0.3 is 11.1 Å².